The predicted octanol–water partition coefficient (Wildman–Crippen LogP) is 1.08. The van der Waals surface area contributed by atoms with Crippen LogP contribution in [0.3, 0.4) is 0 Å². The summed E-state index contributed by atoms with van der Waals surface area (Å²) < 4.78 is 1.76. The van der Waals surface area contributed by atoms with Crippen molar-refractivity contribution < 1.29 is 9.90 Å². The van der Waals surface area contributed by atoms with E-state index in [-0.39, 0.29) is 24.6 Å². The molecule has 1 aliphatic rings. The number of nitrogens with zero attached hydrogens (tertiary/aromatic N) is 4. The molecule has 0 saturated heterocycles. The fraction of sp³-hybridized carbons (Fsp3) is 0.467. The van der Waals surface area contributed by atoms with Crippen LogP contribution in [0.1, 0.15) is 47.9 Å². The number of rotatable bonds is 4. The van der Waals surface area contributed by atoms with Gasteiger partial charge in [0.15, 0.2) is 0 Å². The molecule has 0 radical (unpaired) electrons. The van der Waals surface area contributed by atoms with Crippen molar-refractivity contribution in [3.63, 3.8) is 0 Å². The third kappa shape index (κ3) is 3.14. The molecule has 2 atom stereocenters. The van der Waals surface area contributed by atoms with Gasteiger partial charge in [0, 0.05) is 6.20 Å². The molecular weight excluding hydrogens is 282 g/mol. The van der Waals surface area contributed by atoms with Crippen LogP contribution in [0, 0.1) is 0 Å². The van der Waals surface area contributed by atoms with Crippen LogP contribution in [0.2, 0.25) is 0 Å². The number of pyridine rings is 1. The minimum Gasteiger partial charge on any atom is -0.390 e. The minimum absolute atomic E-state index is 0.00324. The molecule has 0 spiro atoms. The summed E-state index contributed by atoms with van der Waals surface area (Å²) in [5.74, 6) is -0.167. The van der Waals surface area contributed by atoms with Crippen molar-refractivity contribution in [3.8, 4) is 0 Å². The molecule has 2 N–H and O–H groups in total. The van der Waals surface area contributed by atoms with Gasteiger partial charge < -0.3 is 10.4 Å². The van der Waals surface area contributed by atoms with E-state index in [2.05, 4.69) is 20.6 Å². The van der Waals surface area contributed by atoms with Gasteiger partial charge in [-0.05, 0) is 25.0 Å². The Morgan fingerprint density at radius 1 is 1.36 bits per heavy atom. The van der Waals surface area contributed by atoms with E-state index < -0.39 is 0 Å². The third-order valence-electron chi connectivity index (χ3n) is 4.00. The van der Waals surface area contributed by atoms with Crippen LogP contribution in [-0.2, 0) is 6.61 Å². The molecule has 7 nitrogen and oxygen atoms in total. The summed E-state index contributed by atoms with van der Waals surface area (Å²) in [4.78, 5) is 16.4. The fourth-order valence-corrected chi connectivity index (χ4v) is 2.88. The number of aliphatic hydroxyl groups is 1. The molecule has 0 bridgehead atoms. The van der Waals surface area contributed by atoms with E-state index in [1.807, 2.05) is 0 Å². The summed E-state index contributed by atoms with van der Waals surface area (Å²) in [6, 6.07) is 5.34. The van der Waals surface area contributed by atoms with Gasteiger partial charge in [-0.25, -0.2) is 4.68 Å². The van der Waals surface area contributed by atoms with E-state index in [0.717, 1.165) is 25.7 Å². The Bertz CT molecular complexity index is 628. The van der Waals surface area contributed by atoms with E-state index in [1.54, 1.807) is 35.3 Å². The smallest absolute Gasteiger partial charge is 0.270 e. The van der Waals surface area contributed by atoms with Crippen molar-refractivity contribution in [2.75, 3.05) is 0 Å². The Labute approximate surface area is 128 Å². The number of nitrogens with one attached hydrogen (secondary N) is 1. The van der Waals surface area contributed by atoms with Crippen LogP contribution in [0.15, 0.2) is 30.6 Å². The van der Waals surface area contributed by atoms with Crippen LogP contribution in [0.4, 0.5) is 0 Å². The summed E-state index contributed by atoms with van der Waals surface area (Å²) in [5.41, 5.74) is 0.960. The van der Waals surface area contributed by atoms with Gasteiger partial charge in [-0.2, -0.15) is 0 Å². The van der Waals surface area contributed by atoms with Gasteiger partial charge >= 0.3 is 0 Å². The van der Waals surface area contributed by atoms with E-state index >= 15 is 0 Å². The molecule has 7 heteroatoms. The van der Waals surface area contributed by atoms with Crippen molar-refractivity contribution in [1.82, 2.24) is 25.3 Å². The van der Waals surface area contributed by atoms with Gasteiger partial charge in [0.1, 0.15) is 11.4 Å². The van der Waals surface area contributed by atoms with Crippen LogP contribution in [-0.4, -0.2) is 37.0 Å². The molecular formula is C15H19N5O2. The lowest BCUT2D eigenvalue weighted by Crippen LogP contribution is -2.43. The zero-order valence-corrected chi connectivity index (χ0v) is 12.2. The highest BCUT2D eigenvalue weighted by Crippen LogP contribution is 2.28. The average Bonchev–Trinajstić information content (AvgIpc) is 3.05. The topological polar surface area (TPSA) is 92.9 Å². The number of amides is 1. The van der Waals surface area contributed by atoms with Crippen molar-refractivity contribution in [3.05, 3.63) is 42.0 Å². The highest BCUT2D eigenvalue weighted by Gasteiger charge is 2.29. The quantitative estimate of drug-likeness (QED) is 0.881. The predicted molar refractivity (Wildman–Crippen MR) is 78.9 cm³/mol. The Balaban J connectivity index is 1.74. The Morgan fingerprint density at radius 2 is 2.23 bits per heavy atom. The number of carbonyl (C=O) groups is 1. The molecule has 1 fully saturated rings. The molecule has 0 aliphatic heterocycles. The number of aliphatic hydroxyl groups excluding tert-OH is 1. The molecule has 3 rings (SSSR count). The summed E-state index contributed by atoms with van der Waals surface area (Å²) in [6.07, 6.45) is 7.35. The van der Waals surface area contributed by atoms with Crippen molar-refractivity contribution in [2.24, 2.45) is 0 Å². The normalized spacial score (nSPS) is 21.5. The maximum Gasteiger partial charge on any atom is 0.270 e. The van der Waals surface area contributed by atoms with Crippen molar-refractivity contribution >= 4 is 5.91 Å². The Hall–Kier alpha value is -2.28. The molecule has 2 heterocycles. The molecule has 1 saturated carbocycles. The van der Waals surface area contributed by atoms with E-state index in [4.69, 9.17) is 5.11 Å². The van der Waals surface area contributed by atoms with Crippen LogP contribution in [0.25, 0.3) is 0 Å². The summed E-state index contributed by atoms with van der Waals surface area (Å²) in [7, 11) is 0. The van der Waals surface area contributed by atoms with Crippen LogP contribution < -0.4 is 5.32 Å². The first-order valence-corrected chi connectivity index (χ1v) is 7.51. The number of hydrogen-bond donors (Lipinski definition) is 2. The highest BCUT2D eigenvalue weighted by atomic mass is 16.3. The maximum absolute atomic E-state index is 12.3. The average molecular weight is 301 g/mol. The molecule has 22 heavy (non-hydrogen) atoms. The Kier molecular flexibility index (Phi) is 4.43. The monoisotopic (exact) mass is 301 g/mol. The van der Waals surface area contributed by atoms with Gasteiger partial charge in [-0.3, -0.25) is 9.78 Å². The Morgan fingerprint density at radius 3 is 2.95 bits per heavy atom. The fourth-order valence-electron chi connectivity index (χ4n) is 2.88. The van der Waals surface area contributed by atoms with Gasteiger partial charge in [-0.1, -0.05) is 24.1 Å². The second-order valence-electron chi connectivity index (χ2n) is 5.49. The standard InChI is InChI=1S/C15H19N5O2/c21-10-11-9-20(19-18-11)14-7-2-1-5-12(14)17-15(22)13-6-3-4-8-16-13/h3-4,6,8-9,12,14,21H,1-2,5,7,10H2,(H,17,22)/t12-,14+/m0/s1. The molecule has 0 unspecified atom stereocenters. The van der Waals surface area contributed by atoms with E-state index in [0.29, 0.717) is 11.4 Å². The highest BCUT2D eigenvalue weighted by molar-refractivity contribution is 5.92. The van der Waals surface area contributed by atoms with E-state index in [1.165, 1.54) is 0 Å². The summed E-state index contributed by atoms with van der Waals surface area (Å²) in [5, 5.41) is 20.2. The number of aromatic nitrogens is 4. The first-order chi connectivity index (χ1) is 10.8. The number of carbonyl (C=O) groups excluding carboxylic acids is 1. The molecule has 0 aromatic carbocycles. The summed E-state index contributed by atoms with van der Waals surface area (Å²) >= 11 is 0. The molecule has 2 aromatic rings. The van der Waals surface area contributed by atoms with Crippen LogP contribution in [0.5, 0.6) is 0 Å². The largest absolute Gasteiger partial charge is 0.390 e. The first kappa shape index (κ1) is 14.6. The number of hydrogen-bond acceptors (Lipinski definition) is 5. The molecule has 116 valence electrons. The molecule has 1 amide bonds. The SMILES string of the molecule is O=C(N[C@H]1CCCC[C@H]1n1cc(CO)nn1)c1ccccn1. The van der Waals surface area contributed by atoms with Gasteiger partial charge in [0.2, 0.25) is 0 Å². The zero-order chi connectivity index (χ0) is 15.4. The van der Waals surface area contributed by atoms with Crippen molar-refractivity contribution in [2.45, 2.75) is 44.4 Å². The molecule has 1 aliphatic carbocycles. The zero-order valence-electron chi connectivity index (χ0n) is 12.2. The van der Waals surface area contributed by atoms with E-state index in [9.17, 15) is 4.79 Å². The minimum atomic E-state index is -0.167. The third-order valence-corrected chi connectivity index (χ3v) is 4.00. The van der Waals surface area contributed by atoms with Gasteiger partial charge in [0.05, 0.1) is 24.9 Å². The van der Waals surface area contributed by atoms with Crippen molar-refractivity contribution in [1.29, 1.82) is 0 Å². The second kappa shape index (κ2) is 6.65. The maximum atomic E-state index is 12.3. The second-order valence-corrected chi connectivity index (χ2v) is 5.49. The lowest BCUT2D eigenvalue weighted by molar-refractivity contribution is 0.0899. The van der Waals surface area contributed by atoms with Crippen LogP contribution >= 0.6 is 0 Å². The van der Waals surface area contributed by atoms with Gasteiger partial charge in [-0.15, -0.1) is 5.10 Å². The van der Waals surface area contributed by atoms with Gasteiger partial charge in [0.25, 0.3) is 5.91 Å². The lowest BCUT2D eigenvalue weighted by atomic mass is 9.90. The first-order valence-electron chi connectivity index (χ1n) is 7.51. The summed E-state index contributed by atoms with van der Waals surface area (Å²) in [6.45, 7) is -0.127. The molecule has 2 aromatic heterocycles. The lowest BCUT2D eigenvalue weighted by Gasteiger charge is -2.31.